The van der Waals surface area contributed by atoms with E-state index in [2.05, 4.69) is 36.9 Å². The second kappa shape index (κ2) is 4.02. The van der Waals surface area contributed by atoms with E-state index in [0.29, 0.717) is 0 Å². The molecule has 0 saturated heterocycles. The normalized spacial score (nSPS) is 9.64. The Morgan fingerprint density at radius 1 is 1.27 bits per heavy atom. The first-order valence-corrected chi connectivity index (χ1v) is 4.09. The maximum absolute atomic E-state index is 3.01. The second-order valence-electron chi connectivity index (χ2n) is 2.43. The number of hydrogen-bond donors (Lipinski definition) is 0. The summed E-state index contributed by atoms with van der Waals surface area (Å²) in [6.07, 6.45) is 0. The summed E-state index contributed by atoms with van der Waals surface area (Å²) in [6.45, 7) is 6.47. The zero-order chi connectivity index (χ0) is 8.10. The zero-order valence-corrected chi connectivity index (χ0v) is 7.17. The Balaban J connectivity index is 0.00000121. The zero-order valence-electron chi connectivity index (χ0n) is 8.17. The fraction of sp³-hybridized carbons (Fsp3) is 0.400. The summed E-state index contributed by atoms with van der Waals surface area (Å²) in [7, 11) is 0. The van der Waals surface area contributed by atoms with Crippen LogP contribution in [0.3, 0.4) is 0 Å². The maximum atomic E-state index is 3.01. The average Bonchev–Trinajstić information content (AvgIpc) is 2.09. The van der Waals surface area contributed by atoms with Crippen LogP contribution in [-0.4, -0.2) is 13.1 Å². The van der Waals surface area contributed by atoms with E-state index in [1.165, 1.54) is 5.69 Å². The fourth-order valence-corrected chi connectivity index (χ4v) is 1.18. The Hall–Kier alpha value is -0.980. The van der Waals surface area contributed by atoms with Crippen LogP contribution in [0.2, 0.25) is 0 Å². The molecule has 0 N–H and O–H groups in total. The third kappa shape index (κ3) is 1.97. The fourth-order valence-electron chi connectivity index (χ4n) is 1.18. The maximum Gasteiger partial charge on any atom is 1.00 e. The van der Waals surface area contributed by atoms with E-state index in [0.717, 1.165) is 13.1 Å². The lowest BCUT2D eigenvalue weighted by molar-refractivity contribution is 0.866. The van der Waals surface area contributed by atoms with Gasteiger partial charge < -0.3 is 4.90 Å². The summed E-state index contributed by atoms with van der Waals surface area (Å²) in [6, 6.07) is 11.1. The van der Waals surface area contributed by atoms with Crippen molar-refractivity contribution in [2.45, 2.75) is 13.8 Å². The average molecular weight is 149 g/mol. The van der Waals surface area contributed by atoms with Gasteiger partial charge in [0.25, 0.3) is 0 Å². The molecule has 0 bridgehead atoms. The third-order valence-corrected chi connectivity index (χ3v) is 1.83. The lowest BCUT2D eigenvalue weighted by atomic mass is 10.3. The number of nitrogens with zero attached hydrogens (tertiary/aromatic N) is 1. The molecule has 0 saturated carbocycles. The van der Waals surface area contributed by atoms with Crippen molar-refractivity contribution in [2.24, 2.45) is 0 Å². The van der Waals surface area contributed by atoms with Crippen LogP contribution in [0, 0.1) is 6.07 Å². The third-order valence-electron chi connectivity index (χ3n) is 1.83. The molecule has 0 atom stereocenters. The van der Waals surface area contributed by atoms with Crippen molar-refractivity contribution in [3.05, 3.63) is 30.3 Å². The SMILES string of the molecule is CCN(CC)c1cc[c]cc1.[H+]. The number of hydrogen-bond acceptors (Lipinski definition) is 1. The van der Waals surface area contributed by atoms with Crippen molar-refractivity contribution in [1.29, 1.82) is 0 Å². The summed E-state index contributed by atoms with van der Waals surface area (Å²) in [5.41, 5.74) is 1.29. The van der Waals surface area contributed by atoms with Crippen molar-refractivity contribution in [3.8, 4) is 0 Å². The van der Waals surface area contributed by atoms with Crippen molar-refractivity contribution in [1.82, 2.24) is 0 Å². The molecule has 0 amide bonds. The van der Waals surface area contributed by atoms with E-state index < -0.39 is 0 Å². The molecular formula is C10H15N+. The molecule has 0 aliphatic rings. The molecule has 0 fully saturated rings. The molecule has 1 radical (unpaired) electrons. The van der Waals surface area contributed by atoms with Gasteiger partial charge in [0, 0.05) is 18.8 Å². The van der Waals surface area contributed by atoms with E-state index >= 15 is 0 Å². The highest BCUT2D eigenvalue weighted by Gasteiger charge is 1.97. The van der Waals surface area contributed by atoms with Crippen molar-refractivity contribution < 1.29 is 1.43 Å². The van der Waals surface area contributed by atoms with E-state index in [1.54, 1.807) is 0 Å². The van der Waals surface area contributed by atoms with E-state index in [9.17, 15) is 0 Å². The van der Waals surface area contributed by atoms with Gasteiger partial charge in [0.1, 0.15) is 0 Å². The minimum Gasteiger partial charge on any atom is -0.372 e. The van der Waals surface area contributed by atoms with Gasteiger partial charge in [-0.15, -0.1) is 0 Å². The number of benzene rings is 1. The van der Waals surface area contributed by atoms with Gasteiger partial charge in [-0.2, -0.15) is 0 Å². The largest absolute Gasteiger partial charge is 1.00 e. The molecule has 1 rings (SSSR count). The molecule has 0 unspecified atom stereocenters. The quantitative estimate of drug-likeness (QED) is 0.638. The first kappa shape index (κ1) is 8.12. The Morgan fingerprint density at radius 3 is 2.27 bits per heavy atom. The number of rotatable bonds is 3. The van der Waals surface area contributed by atoms with Crippen LogP contribution >= 0.6 is 0 Å². The molecule has 0 aliphatic heterocycles. The highest BCUT2D eigenvalue weighted by molar-refractivity contribution is 5.45. The molecule has 0 heterocycles. The van der Waals surface area contributed by atoms with Gasteiger partial charge in [-0.25, -0.2) is 0 Å². The van der Waals surface area contributed by atoms with Gasteiger partial charge in [0.15, 0.2) is 0 Å². The Morgan fingerprint density at radius 2 is 1.82 bits per heavy atom. The van der Waals surface area contributed by atoms with Crippen molar-refractivity contribution in [3.63, 3.8) is 0 Å². The van der Waals surface area contributed by atoms with Gasteiger partial charge in [0.05, 0.1) is 0 Å². The van der Waals surface area contributed by atoms with Crippen LogP contribution in [0.4, 0.5) is 5.69 Å². The minimum absolute atomic E-state index is 0. The molecule has 11 heavy (non-hydrogen) atoms. The van der Waals surface area contributed by atoms with Gasteiger partial charge in [0.2, 0.25) is 0 Å². The molecule has 59 valence electrons. The Kier molecular flexibility index (Phi) is 2.96. The van der Waals surface area contributed by atoms with Gasteiger partial charge in [-0.3, -0.25) is 0 Å². The van der Waals surface area contributed by atoms with Crippen LogP contribution < -0.4 is 4.90 Å². The topological polar surface area (TPSA) is 3.24 Å². The van der Waals surface area contributed by atoms with E-state index in [-0.39, 0.29) is 1.43 Å². The molecule has 1 aromatic rings. The predicted octanol–water partition coefficient (Wildman–Crippen LogP) is 2.45. The molecule has 1 heteroatoms. The molecule has 0 aliphatic carbocycles. The van der Waals surface area contributed by atoms with Gasteiger partial charge in [-0.05, 0) is 32.0 Å². The van der Waals surface area contributed by atoms with Gasteiger partial charge in [-0.1, -0.05) is 12.1 Å². The highest BCUT2D eigenvalue weighted by Crippen LogP contribution is 2.11. The lowest BCUT2D eigenvalue weighted by Gasteiger charge is -2.20. The minimum atomic E-state index is 0. The smallest absolute Gasteiger partial charge is 0.372 e. The monoisotopic (exact) mass is 149 g/mol. The van der Waals surface area contributed by atoms with Crippen molar-refractivity contribution >= 4 is 5.69 Å². The van der Waals surface area contributed by atoms with E-state index in [4.69, 9.17) is 0 Å². The summed E-state index contributed by atoms with van der Waals surface area (Å²) in [5, 5.41) is 0. The van der Waals surface area contributed by atoms with Crippen LogP contribution in [0.15, 0.2) is 24.3 Å². The summed E-state index contributed by atoms with van der Waals surface area (Å²) < 4.78 is 0. The lowest BCUT2D eigenvalue weighted by Crippen LogP contribution is -2.21. The second-order valence-corrected chi connectivity index (χ2v) is 2.43. The predicted molar refractivity (Wildman–Crippen MR) is 50.0 cm³/mol. The van der Waals surface area contributed by atoms with Crippen molar-refractivity contribution in [2.75, 3.05) is 18.0 Å². The summed E-state index contributed by atoms with van der Waals surface area (Å²) in [5.74, 6) is 0. The van der Waals surface area contributed by atoms with Crippen LogP contribution in [0.5, 0.6) is 0 Å². The molecule has 0 aromatic heterocycles. The first-order valence-electron chi connectivity index (χ1n) is 4.09. The Bertz CT molecular complexity index is 194. The van der Waals surface area contributed by atoms with Crippen LogP contribution in [-0.2, 0) is 0 Å². The number of anilines is 1. The molecule has 1 aromatic carbocycles. The summed E-state index contributed by atoms with van der Waals surface area (Å²) >= 11 is 0. The molecule has 1 nitrogen and oxygen atoms in total. The van der Waals surface area contributed by atoms with E-state index in [1.807, 2.05) is 12.1 Å². The highest BCUT2D eigenvalue weighted by atomic mass is 15.1. The molecular weight excluding hydrogens is 134 g/mol. The Labute approximate surface area is 70.1 Å². The van der Waals surface area contributed by atoms with Crippen LogP contribution in [0.1, 0.15) is 15.3 Å². The standard InChI is InChI=1S/C10H14N/c1-3-11(4-2)10-8-6-5-7-9-10/h6-9H,3-4H2,1-2H3/p+1. The van der Waals surface area contributed by atoms with Gasteiger partial charge >= 0.3 is 1.43 Å². The van der Waals surface area contributed by atoms with Crippen LogP contribution in [0.25, 0.3) is 0 Å². The first-order chi connectivity index (χ1) is 5.38. The molecule has 0 spiro atoms. The summed E-state index contributed by atoms with van der Waals surface area (Å²) in [4.78, 5) is 2.31.